The van der Waals surface area contributed by atoms with E-state index in [0.717, 1.165) is 17.7 Å². The zero-order chi connectivity index (χ0) is 11.5. The number of aryl methyl sites for hydroxylation is 1. The van der Waals surface area contributed by atoms with Gasteiger partial charge in [-0.3, -0.25) is 9.36 Å². The van der Waals surface area contributed by atoms with Gasteiger partial charge < -0.3 is 5.73 Å². The van der Waals surface area contributed by atoms with E-state index in [2.05, 4.69) is 22.3 Å². The molecule has 0 spiro atoms. The summed E-state index contributed by atoms with van der Waals surface area (Å²) in [4.78, 5) is 0. The first kappa shape index (κ1) is 10.8. The van der Waals surface area contributed by atoms with Crippen LogP contribution in [0.5, 0.6) is 0 Å². The highest BCUT2D eigenvalue weighted by molar-refractivity contribution is 5.10. The van der Waals surface area contributed by atoms with E-state index >= 15 is 0 Å². The van der Waals surface area contributed by atoms with Crippen molar-refractivity contribution in [2.24, 2.45) is 12.8 Å². The molecule has 1 unspecified atom stereocenters. The fraction of sp³-hybridized carbons (Fsp3) is 0.500. The molecule has 0 saturated carbocycles. The Balaban J connectivity index is 2.08. The molecule has 0 radical (unpaired) electrons. The van der Waals surface area contributed by atoms with Crippen LogP contribution in [0.25, 0.3) is 0 Å². The largest absolute Gasteiger partial charge is 0.324 e. The minimum atomic E-state index is 0.0654. The van der Waals surface area contributed by atoms with Gasteiger partial charge in [-0.15, -0.1) is 5.10 Å². The van der Waals surface area contributed by atoms with Crippen molar-refractivity contribution in [1.29, 1.82) is 0 Å². The fourth-order valence-corrected chi connectivity index (χ4v) is 1.53. The molecular weight excluding hydrogens is 204 g/mol. The van der Waals surface area contributed by atoms with Gasteiger partial charge in [0.1, 0.15) is 5.69 Å². The van der Waals surface area contributed by atoms with Gasteiger partial charge in [0.2, 0.25) is 0 Å². The van der Waals surface area contributed by atoms with Gasteiger partial charge in [0, 0.05) is 31.0 Å². The van der Waals surface area contributed by atoms with Crippen LogP contribution in [0, 0.1) is 0 Å². The van der Waals surface area contributed by atoms with Gasteiger partial charge >= 0.3 is 0 Å². The average Bonchev–Trinajstić information content (AvgIpc) is 2.87. The molecule has 2 aromatic heterocycles. The second-order valence-corrected chi connectivity index (χ2v) is 3.87. The number of nitrogens with two attached hydrogens (primary N) is 1. The Hall–Kier alpha value is -1.69. The van der Waals surface area contributed by atoms with E-state index in [4.69, 9.17) is 5.73 Å². The summed E-state index contributed by atoms with van der Waals surface area (Å²) < 4.78 is 3.51. The first-order chi connectivity index (χ1) is 7.69. The lowest BCUT2D eigenvalue weighted by Crippen LogP contribution is -2.07. The summed E-state index contributed by atoms with van der Waals surface area (Å²) in [6, 6.07) is 0.0654. The minimum Gasteiger partial charge on any atom is -0.324 e. The minimum absolute atomic E-state index is 0.0654. The molecule has 2 heterocycles. The standard InChI is InChI=1S/C10H16N6/c1-3-10(11)8-4-12-16(5-8)7-9-6-15(2)14-13-9/h4-6,10H,3,7,11H2,1-2H3. The van der Waals surface area contributed by atoms with Gasteiger partial charge in [0.25, 0.3) is 0 Å². The normalized spacial score (nSPS) is 12.9. The van der Waals surface area contributed by atoms with Crippen LogP contribution in [0.3, 0.4) is 0 Å². The Morgan fingerprint density at radius 2 is 2.25 bits per heavy atom. The van der Waals surface area contributed by atoms with Crippen molar-refractivity contribution in [3.05, 3.63) is 29.8 Å². The molecule has 0 aromatic carbocycles. The molecule has 0 aliphatic heterocycles. The van der Waals surface area contributed by atoms with Gasteiger partial charge in [0.15, 0.2) is 0 Å². The summed E-state index contributed by atoms with van der Waals surface area (Å²) in [6.45, 7) is 2.69. The van der Waals surface area contributed by atoms with E-state index in [1.807, 2.05) is 30.3 Å². The predicted octanol–water partition coefficient (Wildman–Crippen LogP) is 0.470. The van der Waals surface area contributed by atoms with E-state index in [1.165, 1.54) is 0 Å². The molecule has 0 aliphatic carbocycles. The van der Waals surface area contributed by atoms with Crippen LogP contribution in [-0.2, 0) is 13.6 Å². The monoisotopic (exact) mass is 220 g/mol. The molecule has 2 N–H and O–H groups in total. The molecule has 0 fully saturated rings. The number of rotatable bonds is 4. The van der Waals surface area contributed by atoms with Gasteiger partial charge in [-0.2, -0.15) is 5.10 Å². The van der Waals surface area contributed by atoms with Crippen molar-refractivity contribution in [2.75, 3.05) is 0 Å². The lowest BCUT2D eigenvalue weighted by Gasteiger charge is -2.03. The lowest BCUT2D eigenvalue weighted by atomic mass is 10.1. The number of hydrogen-bond donors (Lipinski definition) is 1. The SMILES string of the molecule is CCC(N)c1cnn(Cc2cn(C)nn2)c1. The third kappa shape index (κ3) is 2.27. The zero-order valence-electron chi connectivity index (χ0n) is 9.54. The summed E-state index contributed by atoms with van der Waals surface area (Å²) in [7, 11) is 1.85. The lowest BCUT2D eigenvalue weighted by molar-refractivity contribution is 0.661. The summed E-state index contributed by atoms with van der Waals surface area (Å²) in [5, 5.41) is 12.1. The van der Waals surface area contributed by atoms with Crippen LogP contribution in [0.4, 0.5) is 0 Å². The molecule has 86 valence electrons. The van der Waals surface area contributed by atoms with Crippen molar-refractivity contribution < 1.29 is 0 Å². The molecule has 6 heteroatoms. The molecule has 16 heavy (non-hydrogen) atoms. The summed E-state index contributed by atoms with van der Waals surface area (Å²) in [5.74, 6) is 0. The fourth-order valence-electron chi connectivity index (χ4n) is 1.53. The Labute approximate surface area is 94.1 Å². The first-order valence-corrected chi connectivity index (χ1v) is 5.32. The number of nitrogens with zero attached hydrogens (tertiary/aromatic N) is 5. The van der Waals surface area contributed by atoms with Gasteiger partial charge in [-0.1, -0.05) is 12.1 Å². The highest BCUT2D eigenvalue weighted by Gasteiger charge is 2.07. The quantitative estimate of drug-likeness (QED) is 0.812. The maximum Gasteiger partial charge on any atom is 0.104 e. The average molecular weight is 220 g/mol. The molecule has 2 aromatic rings. The van der Waals surface area contributed by atoms with E-state index < -0.39 is 0 Å². The van der Waals surface area contributed by atoms with Gasteiger partial charge in [-0.05, 0) is 6.42 Å². The Morgan fingerprint density at radius 1 is 1.44 bits per heavy atom. The molecule has 0 saturated heterocycles. The van der Waals surface area contributed by atoms with E-state index in [1.54, 1.807) is 4.68 Å². The summed E-state index contributed by atoms with van der Waals surface area (Å²) >= 11 is 0. The zero-order valence-corrected chi connectivity index (χ0v) is 9.54. The van der Waals surface area contributed by atoms with Crippen LogP contribution in [0.1, 0.15) is 30.6 Å². The number of hydrogen-bond acceptors (Lipinski definition) is 4. The summed E-state index contributed by atoms with van der Waals surface area (Å²) in [5.41, 5.74) is 7.87. The van der Waals surface area contributed by atoms with Crippen LogP contribution < -0.4 is 5.73 Å². The maximum absolute atomic E-state index is 5.92. The van der Waals surface area contributed by atoms with Crippen LogP contribution in [-0.4, -0.2) is 24.8 Å². The molecule has 2 rings (SSSR count). The van der Waals surface area contributed by atoms with Crippen LogP contribution in [0.2, 0.25) is 0 Å². The van der Waals surface area contributed by atoms with Gasteiger partial charge in [-0.25, -0.2) is 0 Å². The smallest absolute Gasteiger partial charge is 0.104 e. The second-order valence-electron chi connectivity index (χ2n) is 3.87. The highest BCUT2D eigenvalue weighted by Crippen LogP contribution is 2.12. The Morgan fingerprint density at radius 3 is 2.88 bits per heavy atom. The topological polar surface area (TPSA) is 74.5 Å². The molecule has 0 bridgehead atoms. The van der Waals surface area contributed by atoms with Crippen molar-refractivity contribution >= 4 is 0 Å². The molecule has 0 aliphatic rings. The van der Waals surface area contributed by atoms with Crippen LogP contribution >= 0.6 is 0 Å². The third-order valence-electron chi connectivity index (χ3n) is 2.50. The first-order valence-electron chi connectivity index (χ1n) is 5.32. The van der Waals surface area contributed by atoms with Gasteiger partial charge in [0.05, 0.1) is 12.7 Å². The van der Waals surface area contributed by atoms with Crippen LogP contribution in [0.15, 0.2) is 18.6 Å². The van der Waals surface area contributed by atoms with Crippen molar-refractivity contribution in [1.82, 2.24) is 24.8 Å². The second kappa shape index (κ2) is 4.44. The number of aromatic nitrogens is 5. The molecule has 0 amide bonds. The molecule has 1 atom stereocenters. The van der Waals surface area contributed by atoms with E-state index in [0.29, 0.717) is 6.54 Å². The van der Waals surface area contributed by atoms with Crippen molar-refractivity contribution in [3.8, 4) is 0 Å². The van der Waals surface area contributed by atoms with E-state index in [9.17, 15) is 0 Å². The summed E-state index contributed by atoms with van der Waals surface area (Å²) in [6.07, 6.45) is 6.56. The third-order valence-corrected chi connectivity index (χ3v) is 2.50. The molecular formula is C10H16N6. The van der Waals surface area contributed by atoms with Crippen molar-refractivity contribution in [3.63, 3.8) is 0 Å². The predicted molar refractivity (Wildman–Crippen MR) is 59.6 cm³/mol. The highest BCUT2D eigenvalue weighted by atomic mass is 15.4. The van der Waals surface area contributed by atoms with Crippen molar-refractivity contribution in [2.45, 2.75) is 25.9 Å². The Bertz CT molecular complexity index is 457. The maximum atomic E-state index is 5.92. The Kier molecular flexibility index (Phi) is 3.00. The molecule has 6 nitrogen and oxygen atoms in total. The van der Waals surface area contributed by atoms with E-state index in [-0.39, 0.29) is 6.04 Å².